The minimum atomic E-state index is -0.329. The summed E-state index contributed by atoms with van der Waals surface area (Å²) in [6.07, 6.45) is 0.732. The molecule has 2 aromatic carbocycles. The van der Waals surface area contributed by atoms with Crippen LogP contribution in [0.2, 0.25) is 0 Å². The lowest BCUT2D eigenvalue weighted by molar-refractivity contribution is -0.116. The van der Waals surface area contributed by atoms with Crippen LogP contribution in [0.15, 0.2) is 69.6 Å². The smallest absolute Gasteiger partial charge is 0.224 e. The number of aryl methyl sites for hydroxylation is 1. The molecule has 3 nitrogen and oxygen atoms in total. The number of para-hydroxylation sites is 1. The van der Waals surface area contributed by atoms with Crippen LogP contribution in [0, 0.1) is 5.82 Å². The zero-order valence-electron chi connectivity index (χ0n) is 12.8. The van der Waals surface area contributed by atoms with Crippen LogP contribution in [0.25, 0.3) is 11.3 Å². The van der Waals surface area contributed by atoms with Gasteiger partial charge in [0.1, 0.15) is 17.3 Å². The van der Waals surface area contributed by atoms with Crippen molar-refractivity contribution >= 4 is 27.5 Å². The number of furan rings is 1. The molecular weight excluding hydrogens is 373 g/mol. The van der Waals surface area contributed by atoms with Gasteiger partial charge in [-0.25, -0.2) is 4.39 Å². The highest BCUT2D eigenvalue weighted by molar-refractivity contribution is 9.10. The number of benzene rings is 2. The van der Waals surface area contributed by atoms with E-state index in [0.29, 0.717) is 23.5 Å². The Kier molecular flexibility index (Phi) is 5.11. The molecule has 0 unspecified atom stereocenters. The Bertz CT molecular complexity index is 860. The fourth-order valence-electron chi connectivity index (χ4n) is 2.33. The average molecular weight is 388 g/mol. The zero-order valence-corrected chi connectivity index (χ0v) is 14.3. The largest absolute Gasteiger partial charge is 0.461 e. The van der Waals surface area contributed by atoms with Gasteiger partial charge in [0.25, 0.3) is 0 Å². The summed E-state index contributed by atoms with van der Waals surface area (Å²) in [6, 6.07) is 17.4. The molecule has 0 aliphatic heterocycles. The molecule has 0 atom stereocenters. The van der Waals surface area contributed by atoms with E-state index in [-0.39, 0.29) is 18.1 Å². The first-order valence-electron chi connectivity index (χ1n) is 7.51. The van der Waals surface area contributed by atoms with Gasteiger partial charge in [0.05, 0.1) is 11.3 Å². The molecule has 5 heteroatoms. The van der Waals surface area contributed by atoms with Crippen LogP contribution in [0.1, 0.15) is 12.2 Å². The summed E-state index contributed by atoms with van der Waals surface area (Å²) in [4.78, 5) is 12.0. The number of halogens is 2. The van der Waals surface area contributed by atoms with Crippen LogP contribution in [-0.2, 0) is 11.2 Å². The second kappa shape index (κ2) is 7.45. The molecule has 0 saturated carbocycles. The summed E-state index contributed by atoms with van der Waals surface area (Å²) in [6.45, 7) is 0. The predicted octanol–water partition coefficient (Wildman–Crippen LogP) is 5.42. The van der Waals surface area contributed by atoms with Gasteiger partial charge >= 0.3 is 0 Å². The van der Waals surface area contributed by atoms with Gasteiger partial charge < -0.3 is 9.73 Å². The second-order valence-electron chi connectivity index (χ2n) is 5.27. The lowest BCUT2D eigenvalue weighted by atomic mass is 10.1. The van der Waals surface area contributed by atoms with Gasteiger partial charge in [0, 0.05) is 17.3 Å². The van der Waals surface area contributed by atoms with Crippen LogP contribution in [0.5, 0.6) is 0 Å². The van der Waals surface area contributed by atoms with Crippen molar-refractivity contribution in [1.82, 2.24) is 0 Å². The maximum absolute atomic E-state index is 13.8. The van der Waals surface area contributed by atoms with Gasteiger partial charge in [-0.05, 0) is 52.3 Å². The van der Waals surface area contributed by atoms with Gasteiger partial charge in [-0.1, -0.05) is 24.3 Å². The fourth-order valence-corrected chi connectivity index (χ4v) is 2.71. The number of carbonyl (C=O) groups excluding carboxylic acids is 1. The molecule has 0 fully saturated rings. The number of anilines is 1. The normalized spacial score (nSPS) is 10.6. The molecule has 0 spiro atoms. The second-order valence-corrected chi connectivity index (χ2v) is 6.13. The van der Waals surface area contributed by atoms with E-state index in [2.05, 4.69) is 21.2 Å². The Morgan fingerprint density at radius 1 is 1.04 bits per heavy atom. The molecule has 1 amide bonds. The third-order valence-corrected chi connectivity index (χ3v) is 4.24. The number of carbonyl (C=O) groups is 1. The molecule has 3 rings (SSSR count). The summed E-state index contributed by atoms with van der Waals surface area (Å²) in [7, 11) is 0. The Hall–Kier alpha value is -2.40. The highest BCUT2D eigenvalue weighted by Crippen LogP contribution is 2.25. The van der Waals surface area contributed by atoms with Crippen molar-refractivity contribution in [2.45, 2.75) is 12.8 Å². The van der Waals surface area contributed by atoms with E-state index in [1.54, 1.807) is 30.3 Å². The number of hydrogen-bond acceptors (Lipinski definition) is 2. The molecule has 1 heterocycles. The number of hydrogen-bond donors (Lipinski definition) is 1. The quantitative estimate of drug-likeness (QED) is 0.634. The topological polar surface area (TPSA) is 42.2 Å². The van der Waals surface area contributed by atoms with Crippen molar-refractivity contribution in [3.63, 3.8) is 0 Å². The van der Waals surface area contributed by atoms with E-state index in [0.717, 1.165) is 10.2 Å². The van der Waals surface area contributed by atoms with Crippen LogP contribution in [-0.4, -0.2) is 5.91 Å². The van der Waals surface area contributed by atoms with Crippen molar-refractivity contribution in [2.75, 3.05) is 5.32 Å². The molecule has 0 aliphatic carbocycles. The van der Waals surface area contributed by atoms with Crippen molar-refractivity contribution in [3.8, 4) is 11.3 Å². The van der Waals surface area contributed by atoms with Crippen molar-refractivity contribution in [3.05, 3.63) is 76.7 Å². The van der Waals surface area contributed by atoms with E-state index < -0.39 is 0 Å². The molecule has 1 N–H and O–H groups in total. The minimum Gasteiger partial charge on any atom is -0.461 e. The van der Waals surface area contributed by atoms with E-state index in [9.17, 15) is 9.18 Å². The van der Waals surface area contributed by atoms with Crippen LogP contribution >= 0.6 is 15.9 Å². The van der Waals surface area contributed by atoms with Crippen LogP contribution < -0.4 is 5.32 Å². The molecule has 0 saturated heterocycles. The standard InChI is InChI=1S/C19H15BrFNO2/c20-15-6-2-4-8-17(15)22-19(23)12-10-13-9-11-18(24-13)14-5-1-3-7-16(14)21/h1-9,11H,10,12H2,(H,22,23). The monoisotopic (exact) mass is 387 g/mol. The first-order chi connectivity index (χ1) is 11.6. The van der Waals surface area contributed by atoms with Gasteiger partial charge in [-0.3, -0.25) is 4.79 Å². The SMILES string of the molecule is O=C(CCc1ccc(-c2ccccc2F)o1)Nc1ccccc1Br. The third kappa shape index (κ3) is 3.92. The minimum absolute atomic E-state index is 0.106. The summed E-state index contributed by atoms with van der Waals surface area (Å²) >= 11 is 3.39. The summed E-state index contributed by atoms with van der Waals surface area (Å²) in [5.74, 6) is 0.681. The lowest BCUT2D eigenvalue weighted by Crippen LogP contribution is -2.12. The van der Waals surface area contributed by atoms with Gasteiger partial charge in [-0.2, -0.15) is 0 Å². The van der Waals surface area contributed by atoms with E-state index in [4.69, 9.17) is 4.42 Å². The molecule has 0 radical (unpaired) electrons. The predicted molar refractivity (Wildman–Crippen MR) is 95.2 cm³/mol. The first-order valence-corrected chi connectivity index (χ1v) is 8.31. The Morgan fingerprint density at radius 2 is 1.79 bits per heavy atom. The van der Waals surface area contributed by atoms with E-state index >= 15 is 0 Å². The average Bonchev–Trinajstić information content (AvgIpc) is 3.04. The van der Waals surface area contributed by atoms with E-state index in [1.165, 1.54) is 6.07 Å². The van der Waals surface area contributed by atoms with Crippen LogP contribution in [0.4, 0.5) is 10.1 Å². The molecule has 1 aromatic heterocycles. The maximum Gasteiger partial charge on any atom is 0.224 e. The Balaban J connectivity index is 1.61. The maximum atomic E-state index is 13.8. The zero-order chi connectivity index (χ0) is 16.9. The highest BCUT2D eigenvalue weighted by atomic mass is 79.9. The van der Waals surface area contributed by atoms with Crippen molar-refractivity contribution in [2.24, 2.45) is 0 Å². The molecule has 122 valence electrons. The fraction of sp³-hybridized carbons (Fsp3) is 0.105. The van der Waals surface area contributed by atoms with Crippen molar-refractivity contribution < 1.29 is 13.6 Å². The molecule has 0 aliphatic rings. The molecule has 0 bridgehead atoms. The molecule has 3 aromatic rings. The number of rotatable bonds is 5. The van der Waals surface area contributed by atoms with Crippen molar-refractivity contribution in [1.29, 1.82) is 0 Å². The number of amides is 1. The summed E-state index contributed by atoms with van der Waals surface area (Å²) in [5.41, 5.74) is 1.15. The van der Waals surface area contributed by atoms with Gasteiger partial charge in [0.2, 0.25) is 5.91 Å². The first kappa shape index (κ1) is 16.5. The Labute approximate surface area is 147 Å². The third-order valence-electron chi connectivity index (χ3n) is 3.55. The summed E-state index contributed by atoms with van der Waals surface area (Å²) < 4.78 is 20.2. The lowest BCUT2D eigenvalue weighted by Gasteiger charge is -2.06. The molecule has 24 heavy (non-hydrogen) atoms. The van der Waals surface area contributed by atoms with E-state index in [1.807, 2.05) is 24.3 Å². The van der Waals surface area contributed by atoms with Crippen LogP contribution in [0.3, 0.4) is 0 Å². The highest BCUT2D eigenvalue weighted by Gasteiger charge is 2.11. The van der Waals surface area contributed by atoms with Gasteiger partial charge in [0.15, 0.2) is 0 Å². The summed E-state index contributed by atoms with van der Waals surface area (Å²) in [5, 5.41) is 2.84. The molecular formula is C19H15BrFNO2. The Morgan fingerprint density at radius 3 is 2.58 bits per heavy atom. The number of nitrogens with one attached hydrogen (secondary N) is 1. The van der Waals surface area contributed by atoms with Gasteiger partial charge in [-0.15, -0.1) is 0 Å².